The highest BCUT2D eigenvalue weighted by Crippen LogP contribution is 2.23. The molecule has 1 aromatic carbocycles. The average Bonchev–Trinajstić information content (AvgIpc) is 2.80. The second-order valence-electron chi connectivity index (χ2n) is 5.20. The van der Waals surface area contributed by atoms with Gasteiger partial charge in [-0.1, -0.05) is 24.3 Å². The zero-order chi connectivity index (χ0) is 15.4. The monoisotopic (exact) mass is 293 g/mol. The molecule has 0 saturated carbocycles. The van der Waals surface area contributed by atoms with Gasteiger partial charge in [0.1, 0.15) is 6.04 Å². The second kappa shape index (κ2) is 6.69. The Bertz CT molecular complexity index is 531. The topological polar surface area (TPSA) is 87.1 Å². The summed E-state index contributed by atoms with van der Waals surface area (Å²) >= 11 is 0. The van der Waals surface area contributed by atoms with Gasteiger partial charge >= 0.3 is 11.9 Å². The lowest BCUT2D eigenvalue weighted by atomic mass is 10.0. The number of hydrogen-bond acceptors (Lipinski definition) is 5. The summed E-state index contributed by atoms with van der Waals surface area (Å²) in [5.74, 6) is -1.27. The Morgan fingerprint density at radius 3 is 2.62 bits per heavy atom. The molecule has 2 atom stereocenters. The van der Waals surface area contributed by atoms with Crippen LogP contribution < -0.4 is 0 Å². The first-order valence-corrected chi connectivity index (χ1v) is 6.79. The Morgan fingerprint density at radius 2 is 2.00 bits per heavy atom. The van der Waals surface area contributed by atoms with Gasteiger partial charge in [0.05, 0.1) is 19.6 Å². The van der Waals surface area contributed by atoms with E-state index in [1.807, 2.05) is 17.0 Å². The van der Waals surface area contributed by atoms with Crippen LogP contribution in [0.1, 0.15) is 17.5 Å². The molecule has 0 aromatic heterocycles. The fourth-order valence-corrected chi connectivity index (χ4v) is 2.70. The van der Waals surface area contributed by atoms with Gasteiger partial charge in [-0.25, -0.2) is 0 Å². The number of nitrogens with zero attached hydrogens (tertiary/aromatic N) is 1. The van der Waals surface area contributed by atoms with Crippen molar-refractivity contribution in [1.29, 1.82) is 0 Å². The van der Waals surface area contributed by atoms with Crippen LogP contribution in [0, 0.1) is 0 Å². The number of hydrogen-bond donors (Lipinski definition) is 2. The van der Waals surface area contributed by atoms with Crippen molar-refractivity contribution < 1.29 is 24.5 Å². The molecule has 0 spiro atoms. The molecular weight excluding hydrogens is 274 g/mol. The molecule has 0 amide bonds. The van der Waals surface area contributed by atoms with E-state index in [1.54, 1.807) is 12.1 Å². The Hall–Kier alpha value is -1.92. The van der Waals surface area contributed by atoms with E-state index < -0.39 is 18.1 Å². The zero-order valence-corrected chi connectivity index (χ0v) is 11.9. The van der Waals surface area contributed by atoms with Gasteiger partial charge in [-0.2, -0.15) is 0 Å². The van der Waals surface area contributed by atoms with Crippen molar-refractivity contribution in [3.63, 3.8) is 0 Å². The van der Waals surface area contributed by atoms with Gasteiger partial charge in [-0.15, -0.1) is 0 Å². The van der Waals surface area contributed by atoms with Crippen LogP contribution in [0.5, 0.6) is 0 Å². The minimum Gasteiger partial charge on any atom is -0.481 e. The van der Waals surface area contributed by atoms with Crippen molar-refractivity contribution in [2.75, 3.05) is 13.7 Å². The third-order valence-electron chi connectivity index (χ3n) is 3.69. The predicted octanol–water partition coefficient (Wildman–Crippen LogP) is 0.422. The van der Waals surface area contributed by atoms with Gasteiger partial charge < -0.3 is 14.9 Å². The van der Waals surface area contributed by atoms with E-state index in [2.05, 4.69) is 0 Å². The van der Waals surface area contributed by atoms with Crippen molar-refractivity contribution in [3.8, 4) is 0 Å². The molecule has 1 aromatic rings. The molecule has 0 bridgehead atoms. The van der Waals surface area contributed by atoms with Crippen LogP contribution in [0.15, 0.2) is 24.3 Å². The number of esters is 1. The molecule has 6 heteroatoms. The number of likely N-dealkylation sites (tertiary alicyclic amines) is 1. The summed E-state index contributed by atoms with van der Waals surface area (Å²) in [5.41, 5.74) is 1.57. The lowest BCUT2D eigenvalue weighted by Gasteiger charge is -2.23. The quantitative estimate of drug-likeness (QED) is 0.765. The van der Waals surface area contributed by atoms with Gasteiger partial charge in [0, 0.05) is 19.5 Å². The maximum absolute atomic E-state index is 11.8. The van der Waals surface area contributed by atoms with Gasteiger partial charge in [-0.3, -0.25) is 14.5 Å². The van der Waals surface area contributed by atoms with E-state index >= 15 is 0 Å². The number of carbonyl (C=O) groups excluding carboxylic acids is 1. The standard InChI is InChI=1S/C15H19NO5/c1-21-15(20)13-7-12(17)9-16(13)8-11-5-3-2-4-10(11)6-14(18)19/h2-5,12-13,17H,6-9H2,1H3,(H,18,19). The van der Waals surface area contributed by atoms with Crippen molar-refractivity contribution >= 4 is 11.9 Å². The number of aliphatic hydroxyl groups is 1. The summed E-state index contributed by atoms with van der Waals surface area (Å²) in [5, 5.41) is 18.7. The fraction of sp³-hybridized carbons (Fsp3) is 0.467. The van der Waals surface area contributed by atoms with E-state index in [-0.39, 0.29) is 12.4 Å². The van der Waals surface area contributed by atoms with Crippen molar-refractivity contribution in [3.05, 3.63) is 35.4 Å². The minimum absolute atomic E-state index is 0.0601. The normalized spacial score (nSPS) is 22.2. The van der Waals surface area contributed by atoms with Crippen LogP contribution in [-0.2, 0) is 27.3 Å². The summed E-state index contributed by atoms with van der Waals surface area (Å²) in [7, 11) is 1.32. The highest BCUT2D eigenvalue weighted by Gasteiger charge is 2.36. The van der Waals surface area contributed by atoms with E-state index in [9.17, 15) is 14.7 Å². The van der Waals surface area contributed by atoms with E-state index in [4.69, 9.17) is 9.84 Å². The van der Waals surface area contributed by atoms with Gasteiger partial charge in [0.2, 0.25) is 0 Å². The zero-order valence-electron chi connectivity index (χ0n) is 11.9. The van der Waals surface area contributed by atoms with E-state index in [0.717, 1.165) is 11.1 Å². The Kier molecular flexibility index (Phi) is 4.93. The van der Waals surface area contributed by atoms with Crippen LogP contribution in [0.3, 0.4) is 0 Å². The number of methoxy groups -OCH3 is 1. The highest BCUT2D eigenvalue weighted by atomic mass is 16.5. The van der Waals surface area contributed by atoms with Crippen LogP contribution in [-0.4, -0.2) is 52.9 Å². The number of carboxylic acid groups (broad SMARTS) is 1. The number of β-amino-alcohol motifs (C(OH)–C–C–N with tert-alkyl or cyclic N) is 1. The van der Waals surface area contributed by atoms with Crippen LogP contribution >= 0.6 is 0 Å². The molecule has 1 saturated heterocycles. The smallest absolute Gasteiger partial charge is 0.323 e. The third kappa shape index (κ3) is 3.80. The molecule has 114 valence electrons. The molecule has 21 heavy (non-hydrogen) atoms. The van der Waals surface area contributed by atoms with E-state index in [1.165, 1.54) is 7.11 Å². The van der Waals surface area contributed by atoms with Crippen molar-refractivity contribution in [2.24, 2.45) is 0 Å². The minimum atomic E-state index is -0.895. The summed E-state index contributed by atoms with van der Waals surface area (Å²) in [6.07, 6.45) is -0.288. The number of rotatable bonds is 5. The number of ether oxygens (including phenoxy) is 1. The molecule has 6 nitrogen and oxygen atoms in total. The van der Waals surface area contributed by atoms with Crippen molar-refractivity contribution in [1.82, 2.24) is 4.90 Å². The molecule has 1 aliphatic rings. The second-order valence-corrected chi connectivity index (χ2v) is 5.20. The summed E-state index contributed by atoms with van der Waals surface area (Å²) in [4.78, 5) is 24.5. The fourth-order valence-electron chi connectivity index (χ4n) is 2.70. The maximum Gasteiger partial charge on any atom is 0.323 e. The average molecular weight is 293 g/mol. The summed E-state index contributed by atoms with van der Waals surface area (Å²) in [6, 6.07) is 6.75. The lowest BCUT2D eigenvalue weighted by molar-refractivity contribution is -0.146. The lowest BCUT2D eigenvalue weighted by Crippen LogP contribution is -2.36. The van der Waals surface area contributed by atoms with E-state index in [0.29, 0.717) is 19.5 Å². The number of benzene rings is 1. The van der Waals surface area contributed by atoms with Crippen LogP contribution in [0.4, 0.5) is 0 Å². The Balaban J connectivity index is 2.16. The molecule has 2 N–H and O–H groups in total. The van der Waals surface area contributed by atoms with Gasteiger partial charge in [-0.05, 0) is 11.1 Å². The molecule has 2 unspecified atom stereocenters. The molecule has 1 aliphatic heterocycles. The molecular formula is C15H19NO5. The highest BCUT2D eigenvalue weighted by molar-refractivity contribution is 5.76. The van der Waals surface area contributed by atoms with Crippen LogP contribution in [0.25, 0.3) is 0 Å². The Morgan fingerprint density at radius 1 is 1.33 bits per heavy atom. The number of aliphatic hydroxyl groups excluding tert-OH is 1. The van der Waals surface area contributed by atoms with Crippen LogP contribution in [0.2, 0.25) is 0 Å². The molecule has 0 radical (unpaired) electrons. The largest absolute Gasteiger partial charge is 0.481 e. The number of aliphatic carboxylic acids is 1. The first-order valence-electron chi connectivity index (χ1n) is 6.79. The number of carboxylic acids is 1. The Labute approximate surface area is 122 Å². The maximum atomic E-state index is 11.8. The van der Waals surface area contributed by atoms with Gasteiger partial charge in [0.15, 0.2) is 0 Å². The SMILES string of the molecule is COC(=O)C1CC(O)CN1Cc1ccccc1CC(=O)O. The molecule has 1 fully saturated rings. The molecule has 2 rings (SSSR count). The third-order valence-corrected chi connectivity index (χ3v) is 3.69. The number of carbonyl (C=O) groups is 2. The van der Waals surface area contributed by atoms with Crippen molar-refractivity contribution in [2.45, 2.75) is 31.5 Å². The molecule has 1 heterocycles. The first-order chi connectivity index (χ1) is 10.0. The summed E-state index contributed by atoms with van der Waals surface area (Å²) in [6.45, 7) is 0.793. The summed E-state index contributed by atoms with van der Waals surface area (Å²) < 4.78 is 4.76. The van der Waals surface area contributed by atoms with Gasteiger partial charge in [0.25, 0.3) is 0 Å². The molecule has 0 aliphatic carbocycles. The first kappa shape index (κ1) is 15.5. The predicted molar refractivity (Wildman–Crippen MR) is 74.6 cm³/mol.